The molecule has 1 saturated carbocycles. The Balaban J connectivity index is 2.32. The first-order chi connectivity index (χ1) is 9.76. The summed E-state index contributed by atoms with van der Waals surface area (Å²) in [4.78, 5) is 11.1. The van der Waals surface area contributed by atoms with Crippen LogP contribution < -0.4 is 4.72 Å². The van der Waals surface area contributed by atoms with Crippen molar-refractivity contribution in [2.75, 3.05) is 6.61 Å². The first-order valence-corrected chi connectivity index (χ1v) is 8.33. The minimum atomic E-state index is -3.85. The molecule has 1 aliphatic carbocycles. The van der Waals surface area contributed by atoms with Gasteiger partial charge in [-0.15, -0.1) is 0 Å². The van der Waals surface area contributed by atoms with Crippen molar-refractivity contribution >= 4 is 16.0 Å². The summed E-state index contributed by atoms with van der Waals surface area (Å²) in [5, 5.41) is 18.4. The number of hydrogen-bond donors (Lipinski definition) is 3. The third-order valence-corrected chi connectivity index (χ3v) is 5.06. The normalized spacial score (nSPS) is 17.1. The van der Waals surface area contributed by atoms with E-state index >= 15 is 0 Å². The van der Waals surface area contributed by atoms with Crippen LogP contribution in [0.5, 0.6) is 0 Å². The molecule has 0 amide bonds. The molecule has 3 N–H and O–H groups in total. The van der Waals surface area contributed by atoms with Crippen LogP contribution in [0.1, 0.15) is 43.2 Å². The summed E-state index contributed by atoms with van der Waals surface area (Å²) in [6.45, 7) is 3.27. The Morgan fingerprint density at radius 3 is 2.52 bits per heavy atom. The molecule has 0 aliphatic heterocycles. The number of aliphatic hydroxyl groups excluding tert-OH is 1. The fourth-order valence-corrected chi connectivity index (χ4v) is 3.48. The zero-order valence-electron chi connectivity index (χ0n) is 12.0. The maximum absolute atomic E-state index is 12.3. The highest BCUT2D eigenvalue weighted by Gasteiger charge is 2.31. The summed E-state index contributed by atoms with van der Waals surface area (Å²) in [6.07, 6.45) is 3.07. The molecule has 8 heteroatoms. The maximum atomic E-state index is 12.3. The Hall–Kier alpha value is -1.38. The van der Waals surface area contributed by atoms with E-state index in [-0.39, 0.29) is 29.2 Å². The van der Waals surface area contributed by atoms with Gasteiger partial charge in [0.15, 0.2) is 0 Å². The highest BCUT2D eigenvalue weighted by molar-refractivity contribution is 7.89. The van der Waals surface area contributed by atoms with Gasteiger partial charge in [-0.3, -0.25) is 0 Å². The first kappa shape index (κ1) is 16.0. The van der Waals surface area contributed by atoms with Crippen LogP contribution >= 0.6 is 0 Å². The smallest absolute Gasteiger partial charge is 0.352 e. The van der Waals surface area contributed by atoms with Crippen molar-refractivity contribution in [1.82, 2.24) is 9.29 Å². The monoisotopic (exact) mass is 316 g/mol. The van der Waals surface area contributed by atoms with Crippen molar-refractivity contribution in [3.8, 4) is 0 Å². The van der Waals surface area contributed by atoms with Crippen LogP contribution in [0, 0.1) is 5.92 Å². The van der Waals surface area contributed by atoms with Gasteiger partial charge in [0, 0.05) is 18.3 Å². The summed E-state index contributed by atoms with van der Waals surface area (Å²) in [7, 11) is -3.85. The van der Waals surface area contributed by atoms with Crippen molar-refractivity contribution in [1.29, 1.82) is 0 Å². The van der Waals surface area contributed by atoms with Crippen molar-refractivity contribution in [3.05, 3.63) is 18.0 Å². The molecule has 0 aromatic carbocycles. The average molecular weight is 316 g/mol. The van der Waals surface area contributed by atoms with Gasteiger partial charge in [0.2, 0.25) is 10.0 Å². The highest BCUT2D eigenvalue weighted by Crippen LogP contribution is 2.37. The lowest BCUT2D eigenvalue weighted by Crippen LogP contribution is -2.40. The number of sulfonamides is 1. The number of aromatic nitrogens is 1. The van der Waals surface area contributed by atoms with Gasteiger partial charge in [-0.1, -0.05) is 13.8 Å². The van der Waals surface area contributed by atoms with E-state index in [1.165, 1.54) is 10.8 Å². The Kier molecular flexibility index (Phi) is 4.40. The van der Waals surface area contributed by atoms with E-state index in [1.807, 2.05) is 0 Å². The van der Waals surface area contributed by atoms with Gasteiger partial charge in [-0.25, -0.2) is 17.9 Å². The Morgan fingerprint density at radius 2 is 2.10 bits per heavy atom. The van der Waals surface area contributed by atoms with Crippen LogP contribution in [0.4, 0.5) is 0 Å². The third-order valence-electron chi connectivity index (χ3n) is 3.60. The SMILES string of the molecule is CC(C)[C@@H](CO)NS(=O)(=O)c1cc(C(=O)O)n(C2CC2)c1. The van der Waals surface area contributed by atoms with E-state index < -0.39 is 22.0 Å². The topological polar surface area (TPSA) is 109 Å². The number of carboxylic acid groups (broad SMARTS) is 1. The fraction of sp³-hybridized carbons (Fsp3) is 0.615. The minimum absolute atomic E-state index is 0.0250. The number of carbonyl (C=O) groups is 1. The lowest BCUT2D eigenvalue weighted by molar-refractivity contribution is 0.0685. The maximum Gasteiger partial charge on any atom is 0.352 e. The predicted molar refractivity (Wildman–Crippen MR) is 75.7 cm³/mol. The Bertz CT molecular complexity index is 631. The fourth-order valence-electron chi connectivity index (χ4n) is 2.08. The molecule has 1 aromatic heterocycles. The molecule has 1 aromatic rings. The van der Waals surface area contributed by atoms with Crippen LogP contribution in [0.25, 0.3) is 0 Å². The molecular weight excluding hydrogens is 296 g/mol. The third kappa shape index (κ3) is 3.45. The molecule has 0 spiro atoms. The highest BCUT2D eigenvalue weighted by atomic mass is 32.2. The van der Waals surface area contributed by atoms with Gasteiger partial charge in [-0.2, -0.15) is 0 Å². The van der Waals surface area contributed by atoms with E-state index in [1.54, 1.807) is 13.8 Å². The predicted octanol–water partition coefficient (Wildman–Crippen LogP) is 0.816. The molecule has 1 aliphatic rings. The molecule has 7 nitrogen and oxygen atoms in total. The molecule has 1 atom stereocenters. The summed E-state index contributed by atoms with van der Waals surface area (Å²) in [6, 6.07) is 0.629. The van der Waals surface area contributed by atoms with Gasteiger partial charge < -0.3 is 14.8 Å². The van der Waals surface area contributed by atoms with Gasteiger partial charge in [0.05, 0.1) is 6.61 Å². The molecule has 0 unspecified atom stereocenters. The first-order valence-electron chi connectivity index (χ1n) is 6.84. The van der Waals surface area contributed by atoms with E-state index in [9.17, 15) is 18.3 Å². The van der Waals surface area contributed by atoms with E-state index in [0.717, 1.165) is 18.9 Å². The zero-order chi connectivity index (χ0) is 15.8. The van der Waals surface area contributed by atoms with Gasteiger partial charge in [0.25, 0.3) is 0 Å². The van der Waals surface area contributed by atoms with Crippen LogP contribution in [-0.4, -0.2) is 41.8 Å². The summed E-state index contributed by atoms with van der Waals surface area (Å²) in [5.74, 6) is -1.22. The molecule has 0 bridgehead atoms. The van der Waals surface area contributed by atoms with Crippen molar-refractivity contribution < 1.29 is 23.4 Å². The Morgan fingerprint density at radius 1 is 1.48 bits per heavy atom. The van der Waals surface area contributed by atoms with Crippen LogP contribution in [0.15, 0.2) is 17.2 Å². The molecule has 21 heavy (non-hydrogen) atoms. The summed E-state index contributed by atoms with van der Waals surface area (Å²) in [5.41, 5.74) is -0.0250. The second-order valence-electron chi connectivity index (χ2n) is 5.66. The Labute approximate surface area is 123 Å². The van der Waals surface area contributed by atoms with E-state index in [4.69, 9.17) is 5.11 Å². The minimum Gasteiger partial charge on any atom is -0.477 e. The average Bonchev–Trinajstić information content (AvgIpc) is 3.13. The van der Waals surface area contributed by atoms with Crippen LogP contribution in [0.3, 0.4) is 0 Å². The van der Waals surface area contributed by atoms with E-state index in [2.05, 4.69) is 4.72 Å². The van der Waals surface area contributed by atoms with Gasteiger partial charge in [-0.05, 0) is 24.8 Å². The van der Waals surface area contributed by atoms with E-state index in [0.29, 0.717) is 0 Å². The lowest BCUT2D eigenvalue weighted by atomic mass is 10.1. The molecular formula is C13H20N2O5S. The molecule has 0 saturated heterocycles. The van der Waals surface area contributed by atoms with Gasteiger partial charge >= 0.3 is 5.97 Å². The number of nitrogens with one attached hydrogen (secondary N) is 1. The molecule has 118 valence electrons. The van der Waals surface area contributed by atoms with Crippen molar-refractivity contribution in [3.63, 3.8) is 0 Å². The molecule has 2 rings (SSSR count). The molecule has 1 heterocycles. The molecule has 1 fully saturated rings. The number of aromatic carboxylic acids is 1. The molecule has 0 radical (unpaired) electrons. The van der Waals surface area contributed by atoms with Gasteiger partial charge in [0.1, 0.15) is 10.6 Å². The van der Waals surface area contributed by atoms with Crippen molar-refractivity contribution in [2.45, 2.75) is 43.7 Å². The number of carboxylic acids is 1. The van der Waals surface area contributed by atoms with Crippen LogP contribution in [-0.2, 0) is 10.0 Å². The largest absolute Gasteiger partial charge is 0.477 e. The number of rotatable bonds is 7. The second-order valence-corrected chi connectivity index (χ2v) is 7.37. The van der Waals surface area contributed by atoms with Crippen molar-refractivity contribution in [2.24, 2.45) is 5.92 Å². The standard InChI is InChI=1S/C13H20N2O5S/c1-8(2)11(7-16)14-21(19,20)10-5-12(13(17)18)15(6-10)9-3-4-9/h5-6,8-9,11,14,16H,3-4,7H2,1-2H3,(H,17,18)/t11-/m1/s1. The zero-order valence-corrected chi connectivity index (χ0v) is 12.8. The lowest BCUT2D eigenvalue weighted by Gasteiger charge is -2.19. The van der Waals surface area contributed by atoms with Crippen LogP contribution in [0.2, 0.25) is 0 Å². The second kappa shape index (κ2) is 5.78. The quantitative estimate of drug-likeness (QED) is 0.690. The number of hydrogen-bond acceptors (Lipinski definition) is 4. The summed E-state index contributed by atoms with van der Waals surface area (Å²) >= 11 is 0. The summed E-state index contributed by atoms with van der Waals surface area (Å²) < 4.78 is 28.5. The number of nitrogens with zero attached hydrogens (tertiary/aromatic N) is 1. The number of aliphatic hydroxyl groups is 1.